The number of nitrogens with one attached hydrogen (secondary N) is 1. The SMILES string of the molecule is COc1cc(NC(C(=O)N2CCc3ccc(OC(F)(F)F)cc32)c2ccc(Cl)cc2OC)cc(OCCC(C)C(=O)O)n1. The second-order valence-corrected chi connectivity index (χ2v) is 10.1. The molecule has 0 aliphatic carbocycles. The van der Waals surface area contributed by atoms with Crippen LogP contribution in [0.2, 0.25) is 5.02 Å². The first-order chi connectivity index (χ1) is 20.4. The lowest BCUT2D eigenvalue weighted by molar-refractivity contribution is -0.274. The van der Waals surface area contributed by atoms with Crippen molar-refractivity contribution in [1.82, 2.24) is 4.98 Å². The third kappa shape index (κ3) is 7.92. The van der Waals surface area contributed by atoms with Crippen LogP contribution in [0.5, 0.6) is 23.3 Å². The van der Waals surface area contributed by atoms with E-state index in [2.05, 4.69) is 15.0 Å². The van der Waals surface area contributed by atoms with Gasteiger partial charge in [0.05, 0.1) is 32.4 Å². The Morgan fingerprint density at radius 1 is 1.09 bits per heavy atom. The molecule has 1 amide bonds. The second kappa shape index (κ2) is 13.3. The fourth-order valence-corrected chi connectivity index (χ4v) is 4.67. The van der Waals surface area contributed by atoms with Crippen LogP contribution in [0.3, 0.4) is 0 Å². The van der Waals surface area contributed by atoms with Crippen molar-refractivity contribution < 1.29 is 46.8 Å². The van der Waals surface area contributed by atoms with Gasteiger partial charge in [0, 0.05) is 41.0 Å². The summed E-state index contributed by atoms with van der Waals surface area (Å²) in [7, 11) is 2.82. The molecule has 2 aromatic carbocycles. The van der Waals surface area contributed by atoms with Crippen molar-refractivity contribution in [3.05, 3.63) is 64.7 Å². The minimum absolute atomic E-state index is 0.0628. The van der Waals surface area contributed by atoms with Gasteiger partial charge in [0.15, 0.2) is 0 Å². The van der Waals surface area contributed by atoms with Crippen LogP contribution in [0.4, 0.5) is 24.5 Å². The summed E-state index contributed by atoms with van der Waals surface area (Å²) in [6.45, 7) is 1.84. The molecule has 0 bridgehead atoms. The maximum absolute atomic E-state index is 14.2. The first-order valence-corrected chi connectivity index (χ1v) is 13.5. The third-order valence-electron chi connectivity index (χ3n) is 6.73. The molecule has 0 spiro atoms. The number of ether oxygens (including phenoxy) is 4. The predicted molar refractivity (Wildman–Crippen MR) is 151 cm³/mol. The van der Waals surface area contributed by atoms with Crippen molar-refractivity contribution in [1.29, 1.82) is 0 Å². The Hall–Kier alpha value is -4.39. The van der Waals surface area contributed by atoms with Gasteiger partial charge in [-0.2, -0.15) is 4.98 Å². The number of amides is 1. The molecule has 230 valence electrons. The molecule has 43 heavy (non-hydrogen) atoms. The van der Waals surface area contributed by atoms with E-state index in [0.717, 1.165) is 0 Å². The number of pyridine rings is 1. The summed E-state index contributed by atoms with van der Waals surface area (Å²) >= 11 is 6.18. The van der Waals surface area contributed by atoms with Crippen molar-refractivity contribution in [2.45, 2.75) is 32.2 Å². The zero-order chi connectivity index (χ0) is 31.3. The smallest absolute Gasteiger partial charge is 0.496 e. The minimum atomic E-state index is -4.89. The Labute approximate surface area is 250 Å². The zero-order valence-electron chi connectivity index (χ0n) is 23.4. The van der Waals surface area contributed by atoms with Crippen LogP contribution < -0.4 is 29.2 Å². The molecule has 4 rings (SSSR count). The highest BCUT2D eigenvalue weighted by Crippen LogP contribution is 2.38. The lowest BCUT2D eigenvalue weighted by Gasteiger charge is -2.27. The number of nitrogens with zero attached hydrogens (tertiary/aromatic N) is 2. The van der Waals surface area contributed by atoms with Crippen LogP contribution in [0.15, 0.2) is 48.5 Å². The predicted octanol–water partition coefficient (Wildman–Crippen LogP) is 5.88. The molecular formula is C29H29ClF3N3O7. The van der Waals surface area contributed by atoms with Gasteiger partial charge in [-0.05, 0) is 36.6 Å². The molecule has 1 aliphatic rings. The Morgan fingerprint density at radius 2 is 1.84 bits per heavy atom. The minimum Gasteiger partial charge on any atom is -0.496 e. The van der Waals surface area contributed by atoms with Crippen molar-refractivity contribution in [3.8, 4) is 23.3 Å². The number of hydrogen-bond acceptors (Lipinski definition) is 8. The van der Waals surface area contributed by atoms with Crippen LogP contribution in [0, 0.1) is 5.92 Å². The largest absolute Gasteiger partial charge is 0.573 e. The quantitative estimate of drug-likeness (QED) is 0.255. The molecular weight excluding hydrogens is 595 g/mol. The monoisotopic (exact) mass is 623 g/mol. The number of carbonyl (C=O) groups excluding carboxylic acids is 1. The van der Waals surface area contributed by atoms with Gasteiger partial charge in [0.25, 0.3) is 5.91 Å². The van der Waals surface area contributed by atoms with Gasteiger partial charge in [-0.1, -0.05) is 30.7 Å². The van der Waals surface area contributed by atoms with Gasteiger partial charge in [-0.15, -0.1) is 13.2 Å². The Bertz CT molecular complexity index is 1490. The number of hydrogen-bond donors (Lipinski definition) is 2. The number of halogens is 4. The molecule has 10 nitrogen and oxygen atoms in total. The molecule has 2 heterocycles. The summed E-state index contributed by atoms with van der Waals surface area (Å²) in [5.41, 5.74) is 1.73. The summed E-state index contributed by atoms with van der Waals surface area (Å²) in [6, 6.07) is 10.6. The van der Waals surface area contributed by atoms with Gasteiger partial charge in [-0.25, -0.2) is 0 Å². The third-order valence-corrected chi connectivity index (χ3v) is 6.96. The summed E-state index contributed by atoms with van der Waals surface area (Å²) in [4.78, 5) is 31.0. The highest BCUT2D eigenvalue weighted by atomic mass is 35.5. The fraction of sp³-hybridized carbons (Fsp3) is 0.345. The number of carboxylic acid groups (broad SMARTS) is 1. The number of anilines is 2. The topological polar surface area (TPSA) is 119 Å². The molecule has 0 fully saturated rings. The van der Waals surface area contributed by atoms with E-state index in [-0.39, 0.29) is 37.0 Å². The standard InChI is InChI=1S/C29H29ClF3N3O7/c1-16(28(38)39)9-11-42-25-14-19(13-24(35-25)41-3)34-26(21-7-5-18(30)12-23(21)40-2)27(37)36-10-8-17-4-6-20(15-22(17)36)43-29(31,32)33/h4-7,12-16,26H,8-11H2,1-3H3,(H,34,35)(H,38,39). The molecule has 3 aromatic rings. The van der Waals surface area contributed by atoms with Crippen LogP contribution in [-0.4, -0.2) is 55.7 Å². The van der Waals surface area contributed by atoms with Crippen molar-refractivity contribution in [3.63, 3.8) is 0 Å². The summed E-state index contributed by atoms with van der Waals surface area (Å²) in [5, 5.41) is 12.7. The van der Waals surface area contributed by atoms with E-state index < -0.39 is 35.9 Å². The van der Waals surface area contributed by atoms with E-state index in [0.29, 0.717) is 34.0 Å². The lowest BCUT2D eigenvalue weighted by atomic mass is 10.0. The van der Waals surface area contributed by atoms with Crippen molar-refractivity contribution in [2.24, 2.45) is 5.92 Å². The van der Waals surface area contributed by atoms with E-state index in [1.165, 1.54) is 55.5 Å². The number of methoxy groups -OCH3 is 2. The number of fused-ring (bicyclic) bond motifs is 1. The first-order valence-electron chi connectivity index (χ1n) is 13.1. The summed E-state index contributed by atoms with van der Waals surface area (Å²) < 4.78 is 59.3. The van der Waals surface area contributed by atoms with Crippen LogP contribution in [-0.2, 0) is 16.0 Å². The number of rotatable bonds is 12. The summed E-state index contributed by atoms with van der Waals surface area (Å²) in [6.07, 6.45) is -4.24. The molecule has 2 N–H and O–H groups in total. The molecule has 1 aliphatic heterocycles. The van der Waals surface area contributed by atoms with Gasteiger partial charge < -0.3 is 34.3 Å². The Balaban J connectivity index is 1.69. The van der Waals surface area contributed by atoms with E-state index in [9.17, 15) is 22.8 Å². The van der Waals surface area contributed by atoms with Crippen molar-refractivity contribution >= 4 is 34.9 Å². The summed E-state index contributed by atoms with van der Waals surface area (Å²) in [5.74, 6) is -1.95. The molecule has 2 atom stereocenters. The van der Waals surface area contributed by atoms with E-state index in [1.54, 1.807) is 19.1 Å². The highest BCUT2D eigenvalue weighted by molar-refractivity contribution is 6.30. The van der Waals surface area contributed by atoms with Gasteiger partial charge >= 0.3 is 12.3 Å². The number of carbonyl (C=O) groups is 2. The number of benzene rings is 2. The lowest BCUT2D eigenvalue weighted by Crippen LogP contribution is -2.37. The first kappa shape index (κ1) is 31.5. The van der Waals surface area contributed by atoms with E-state index >= 15 is 0 Å². The van der Waals surface area contributed by atoms with Crippen LogP contribution in [0.1, 0.15) is 30.5 Å². The van der Waals surface area contributed by atoms with Crippen LogP contribution in [0.25, 0.3) is 0 Å². The molecule has 14 heteroatoms. The van der Waals surface area contributed by atoms with Crippen LogP contribution >= 0.6 is 11.6 Å². The second-order valence-electron chi connectivity index (χ2n) is 9.65. The number of aromatic nitrogens is 1. The molecule has 0 saturated carbocycles. The van der Waals surface area contributed by atoms with E-state index in [1.807, 2.05) is 0 Å². The fourth-order valence-electron chi connectivity index (χ4n) is 4.51. The number of carboxylic acids is 1. The maximum Gasteiger partial charge on any atom is 0.573 e. The van der Waals surface area contributed by atoms with Gasteiger partial charge in [0.1, 0.15) is 17.5 Å². The van der Waals surface area contributed by atoms with Gasteiger partial charge in [-0.3, -0.25) is 9.59 Å². The maximum atomic E-state index is 14.2. The highest BCUT2D eigenvalue weighted by Gasteiger charge is 2.35. The molecule has 0 saturated heterocycles. The number of alkyl halides is 3. The van der Waals surface area contributed by atoms with E-state index in [4.69, 9.17) is 30.9 Å². The Morgan fingerprint density at radius 3 is 2.51 bits per heavy atom. The molecule has 1 aromatic heterocycles. The molecule has 2 unspecified atom stereocenters. The normalized spacial score (nSPS) is 14.0. The zero-order valence-corrected chi connectivity index (χ0v) is 24.2. The van der Waals surface area contributed by atoms with Gasteiger partial charge in [0.2, 0.25) is 11.8 Å². The Kier molecular flexibility index (Phi) is 9.74. The van der Waals surface area contributed by atoms with Crippen molar-refractivity contribution in [2.75, 3.05) is 37.6 Å². The number of aliphatic carboxylic acids is 1. The average Bonchev–Trinajstić information content (AvgIpc) is 3.37. The average molecular weight is 624 g/mol. The molecule has 0 radical (unpaired) electrons.